The van der Waals surface area contributed by atoms with Gasteiger partial charge in [-0.3, -0.25) is 14.9 Å². The fourth-order valence-corrected chi connectivity index (χ4v) is 4.41. The van der Waals surface area contributed by atoms with Crippen LogP contribution in [0, 0.1) is 10.1 Å². The van der Waals surface area contributed by atoms with Gasteiger partial charge in [-0.15, -0.1) is 0 Å². The van der Waals surface area contributed by atoms with Crippen LogP contribution in [0.2, 0.25) is 0 Å². The number of rotatable bonds is 7. The number of alkyl halides is 6. The Labute approximate surface area is 224 Å². The molecule has 0 heterocycles. The Hall–Kier alpha value is -4.67. The third-order valence-electron chi connectivity index (χ3n) is 6.32. The van der Waals surface area contributed by atoms with E-state index in [4.69, 9.17) is 0 Å². The number of halogens is 6. The molecule has 0 saturated carbocycles. The molecule has 40 heavy (non-hydrogen) atoms. The van der Waals surface area contributed by atoms with Gasteiger partial charge >= 0.3 is 12.4 Å². The quantitative estimate of drug-likeness (QED) is 0.145. The molecule has 4 aromatic rings. The Morgan fingerprint density at radius 1 is 0.675 bits per heavy atom. The maximum Gasteiger partial charge on any atom is 0.416 e. The Kier molecular flexibility index (Phi) is 7.68. The van der Waals surface area contributed by atoms with E-state index in [2.05, 4.69) is 5.32 Å². The van der Waals surface area contributed by atoms with E-state index >= 15 is 0 Å². The molecule has 1 amide bonds. The van der Waals surface area contributed by atoms with E-state index in [0.717, 1.165) is 48.5 Å². The predicted octanol–water partition coefficient (Wildman–Crippen LogP) is 7.55. The van der Waals surface area contributed by atoms with Gasteiger partial charge in [-0.1, -0.05) is 60.7 Å². The van der Waals surface area contributed by atoms with Gasteiger partial charge in [-0.25, -0.2) is 0 Å². The van der Waals surface area contributed by atoms with Gasteiger partial charge < -0.3 is 5.32 Å². The number of hydrogen-bond acceptors (Lipinski definition) is 3. The van der Waals surface area contributed by atoms with Crippen LogP contribution in [0.4, 0.5) is 32.0 Å². The highest BCUT2D eigenvalue weighted by molar-refractivity contribution is 5.95. The number of nitro groups is 1. The number of carbonyl (C=O) groups is 1. The van der Waals surface area contributed by atoms with Crippen LogP contribution in [0.15, 0.2) is 103 Å². The molecular weight excluding hydrogens is 538 g/mol. The molecule has 0 fully saturated rings. The molecule has 0 aliphatic rings. The summed E-state index contributed by atoms with van der Waals surface area (Å²) in [5.41, 5.74) is -4.49. The van der Waals surface area contributed by atoms with E-state index in [1.165, 1.54) is 24.3 Å². The average Bonchev–Trinajstić information content (AvgIpc) is 2.92. The molecule has 5 nitrogen and oxygen atoms in total. The van der Waals surface area contributed by atoms with Crippen molar-refractivity contribution in [2.75, 3.05) is 0 Å². The minimum absolute atomic E-state index is 0.135. The van der Waals surface area contributed by atoms with E-state index < -0.39 is 45.5 Å². The van der Waals surface area contributed by atoms with Gasteiger partial charge in [0.2, 0.25) is 0 Å². The van der Waals surface area contributed by atoms with Gasteiger partial charge in [0.15, 0.2) is 0 Å². The van der Waals surface area contributed by atoms with Crippen LogP contribution in [0.1, 0.15) is 38.2 Å². The summed E-state index contributed by atoms with van der Waals surface area (Å²) in [6.45, 7) is 0. The minimum Gasteiger partial charge on any atom is -0.338 e. The summed E-state index contributed by atoms with van der Waals surface area (Å²) in [5, 5.41) is 13.9. The lowest BCUT2D eigenvalue weighted by molar-refractivity contribution is -0.384. The third kappa shape index (κ3) is 6.14. The zero-order valence-corrected chi connectivity index (χ0v) is 20.5. The van der Waals surface area contributed by atoms with Crippen molar-refractivity contribution >= 4 is 11.6 Å². The number of carbonyl (C=O) groups excluding carboxylic acids is 1. The summed E-state index contributed by atoms with van der Waals surface area (Å²) in [4.78, 5) is 24.1. The molecule has 0 saturated heterocycles. The number of non-ortho nitro benzene ring substituents is 1. The first kappa shape index (κ1) is 28.3. The van der Waals surface area contributed by atoms with Crippen LogP contribution >= 0.6 is 0 Å². The fraction of sp³-hybridized carbons (Fsp3) is 0.138. The minimum atomic E-state index is -4.79. The molecule has 4 aromatic carbocycles. The van der Waals surface area contributed by atoms with E-state index in [9.17, 15) is 41.3 Å². The van der Waals surface area contributed by atoms with Gasteiger partial charge in [0.1, 0.15) is 0 Å². The molecule has 0 unspecified atom stereocenters. The average molecular weight is 558 g/mol. The second kappa shape index (κ2) is 10.8. The van der Waals surface area contributed by atoms with E-state index in [1.54, 1.807) is 30.3 Å². The molecule has 11 heteroatoms. The lowest BCUT2D eigenvalue weighted by Gasteiger charge is -2.37. The van der Waals surface area contributed by atoms with Crippen LogP contribution in [0.3, 0.4) is 0 Å². The molecular formula is C29H20F6N2O3. The number of amides is 1. The zero-order valence-electron chi connectivity index (χ0n) is 20.5. The van der Waals surface area contributed by atoms with Crippen LogP contribution in [-0.4, -0.2) is 10.8 Å². The Balaban J connectivity index is 2.00. The topological polar surface area (TPSA) is 72.2 Å². The van der Waals surface area contributed by atoms with Crippen molar-refractivity contribution < 1.29 is 36.1 Å². The molecule has 1 N–H and O–H groups in total. The summed E-state index contributed by atoms with van der Waals surface area (Å²) in [6.07, 6.45) is -9.81. The summed E-state index contributed by atoms with van der Waals surface area (Å²) >= 11 is 0. The normalized spacial score (nSPS) is 12.2. The molecule has 0 atom stereocenters. The standard InChI is InChI=1S/C29H20F6N2O3/c30-28(31,32)23-12-5-10-21(16-23)27(18-19-7-2-1-3-8-19,22-11-6-13-24(17-22)29(33,34)35)36-26(38)20-9-4-14-25(15-20)37(39)40/h1-17H,18H2,(H,36,38). The summed E-state index contributed by atoms with van der Waals surface area (Å²) in [5.74, 6) is -0.936. The van der Waals surface area contributed by atoms with E-state index in [1.807, 2.05) is 0 Å². The Morgan fingerprint density at radius 3 is 1.68 bits per heavy atom. The van der Waals surface area contributed by atoms with Gasteiger partial charge in [-0.05, 0) is 47.0 Å². The number of nitrogens with zero attached hydrogens (tertiary/aromatic N) is 1. The van der Waals surface area contributed by atoms with Crippen molar-refractivity contribution in [3.8, 4) is 0 Å². The molecule has 0 spiro atoms. The van der Waals surface area contributed by atoms with Crippen LogP contribution in [0.25, 0.3) is 0 Å². The van der Waals surface area contributed by atoms with Gasteiger partial charge in [0.05, 0.1) is 21.6 Å². The van der Waals surface area contributed by atoms with Crippen molar-refractivity contribution in [2.45, 2.75) is 24.3 Å². The molecule has 4 rings (SSSR count). The fourth-order valence-electron chi connectivity index (χ4n) is 4.41. The van der Waals surface area contributed by atoms with Crippen LogP contribution < -0.4 is 5.32 Å². The van der Waals surface area contributed by atoms with Crippen LogP contribution in [-0.2, 0) is 24.3 Å². The molecule has 0 aliphatic heterocycles. The molecule has 0 bridgehead atoms. The Morgan fingerprint density at radius 2 is 1.18 bits per heavy atom. The van der Waals surface area contributed by atoms with Gasteiger partial charge in [0, 0.05) is 24.1 Å². The molecule has 0 radical (unpaired) electrons. The highest BCUT2D eigenvalue weighted by atomic mass is 19.4. The lowest BCUT2D eigenvalue weighted by Crippen LogP contribution is -2.49. The number of hydrogen-bond donors (Lipinski definition) is 1. The van der Waals surface area contributed by atoms with Crippen LogP contribution in [0.5, 0.6) is 0 Å². The van der Waals surface area contributed by atoms with E-state index in [0.29, 0.717) is 5.56 Å². The molecule has 0 aliphatic carbocycles. The Bertz CT molecular complexity index is 1480. The first-order valence-corrected chi connectivity index (χ1v) is 11.8. The second-order valence-corrected chi connectivity index (χ2v) is 8.99. The van der Waals surface area contributed by atoms with Crippen molar-refractivity contribution in [3.05, 3.63) is 147 Å². The third-order valence-corrected chi connectivity index (χ3v) is 6.32. The van der Waals surface area contributed by atoms with Crippen molar-refractivity contribution in [2.24, 2.45) is 0 Å². The summed E-state index contributed by atoms with van der Waals surface area (Å²) in [7, 11) is 0. The zero-order chi connectivity index (χ0) is 29.1. The number of benzene rings is 4. The lowest BCUT2D eigenvalue weighted by atomic mass is 9.76. The second-order valence-electron chi connectivity index (χ2n) is 8.99. The highest BCUT2D eigenvalue weighted by Crippen LogP contribution is 2.40. The first-order chi connectivity index (χ1) is 18.8. The largest absolute Gasteiger partial charge is 0.416 e. The summed E-state index contributed by atoms with van der Waals surface area (Å²) in [6, 6.07) is 20.8. The number of nitrogens with one attached hydrogen (secondary N) is 1. The monoisotopic (exact) mass is 558 g/mol. The summed E-state index contributed by atoms with van der Waals surface area (Å²) < 4.78 is 82.5. The smallest absolute Gasteiger partial charge is 0.338 e. The molecule has 206 valence electrons. The van der Waals surface area contributed by atoms with Crippen molar-refractivity contribution in [1.82, 2.24) is 5.32 Å². The SMILES string of the molecule is O=C(NC(Cc1ccccc1)(c1cccc(C(F)(F)F)c1)c1cccc(C(F)(F)F)c1)c1cccc([N+](=O)[O-])c1. The van der Waals surface area contributed by atoms with E-state index in [-0.39, 0.29) is 23.1 Å². The maximum absolute atomic E-state index is 13.8. The van der Waals surface area contributed by atoms with Crippen molar-refractivity contribution in [3.63, 3.8) is 0 Å². The maximum atomic E-state index is 13.8. The van der Waals surface area contributed by atoms with Gasteiger partial charge in [-0.2, -0.15) is 26.3 Å². The first-order valence-electron chi connectivity index (χ1n) is 11.8. The number of nitro benzene ring substituents is 1. The predicted molar refractivity (Wildman–Crippen MR) is 134 cm³/mol. The van der Waals surface area contributed by atoms with Crippen molar-refractivity contribution in [1.29, 1.82) is 0 Å². The molecule has 0 aromatic heterocycles. The van der Waals surface area contributed by atoms with Gasteiger partial charge in [0.25, 0.3) is 11.6 Å². The highest BCUT2D eigenvalue weighted by Gasteiger charge is 2.41.